The highest BCUT2D eigenvalue weighted by atomic mass is 35.5. The highest BCUT2D eigenvalue weighted by Gasteiger charge is 2.18. The molecule has 0 aliphatic carbocycles. The van der Waals surface area contributed by atoms with Crippen molar-refractivity contribution in [1.29, 1.82) is 0 Å². The molecule has 0 fully saturated rings. The summed E-state index contributed by atoms with van der Waals surface area (Å²) in [4.78, 5) is 10.8. The molecule has 3 heteroatoms. The Morgan fingerprint density at radius 3 is 2.59 bits per heavy atom. The number of hydrogen-bond donors (Lipinski definition) is 0. The molecule has 0 spiro atoms. The maximum atomic E-state index is 10.8. The van der Waals surface area contributed by atoms with Gasteiger partial charge in [-0.05, 0) is 22.9 Å². The SMILES string of the molecule is O=CC1=C(Cl)c2cc3ccccc3cc2OC1. The summed E-state index contributed by atoms with van der Waals surface area (Å²) in [5, 5.41) is 2.68. The lowest BCUT2D eigenvalue weighted by molar-refractivity contribution is -0.105. The highest BCUT2D eigenvalue weighted by Crippen LogP contribution is 2.37. The predicted molar refractivity (Wildman–Crippen MR) is 68.3 cm³/mol. The van der Waals surface area contributed by atoms with Crippen LogP contribution in [0.25, 0.3) is 15.8 Å². The smallest absolute Gasteiger partial charge is 0.150 e. The van der Waals surface area contributed by atoms with Crippen molar-refractivity contribution in [3.05, 3.63) is 47.5 Å². The maximum absolute atomic E-state index is 10.8. The van der Waals surface area contributed by atoms with Crippen LogP contribution < -0.4 is 4.74 Å². The Morgan fingerprint density at radius 2 is 1.88 bits per heavy atom. The predicted octanol–water partition coefficient (Wildman–Crippen LogP) is 3.38. The second-order valence-electron chi connectivity index (χ2n) is 3.94. The van der Waals surface area contributed by atoms with Crippen molar-refractivity contribution in [2.75, 3.05) is 6.61 Å². The first-order valence-electron chi connectivity index (χ1n) is 5.29. The van der Waals surface area contributed by atoms with Gasteiger partial charge in [-0.3, -0.25) is 4.79 Å². The monoisotopic (exact) mass is 244 g/mol. The van der Waals surface area contributed by atoms with E-state index in [1.54, 1.807) is 0 Å². The van der Waals surface area contributed by atoms with Crippen molar-refractivity contribution in [3.8, 4) is 5.75 Å². The molecule has 0 amide bonds. The molecule has 84 valence electrons. The summed E-state index contributed by atoms with van der Waals surface area (Å²) < 4.78 is 5.53. The topological polar surface area (TPSA) is 26.3 Å². The largest absolute Gasteiger partial charge is 0.488 e. The average Bonchev–Trinajstić information content (AvgIpc) is 2.37. The molecular weight excluding hydrogens is 236 g/mol. The zero-order valence-corrected chi connectivity index (χ0v) is 9.70. The van der Waals surface area contributed by atoms with Crippen molar-refractivity contribution < 1.29 is 9.53 Å². The molecule has 0 unspecified atom stereocenters. The van der Waals surface area contributed by atoms with E-state index in [1.165, 1.54) is 0 Å². The van der Waals surface area contributed by atoms with Crippen molar-refractivity contribution in [2.45, 2.75) is 0 Å². The van der Waals surface area contributed by atoms with Gasteiger partial charge in [0.1, 0.15) is 12.4 Å². The van der Waals surface area contributed by atoms with Gasteiger partial charge in [0.2, 0.25) is 0 Å². The van der Waals surface area contributed by atoms with Gasteiger partial charge in [-0.1, -0.05) is 35.9 Å². The lowest BCUT2D eigenvalue weighted by Crippen LogP contribution is -2.10. The zero-order valence-electron chi connectivity index (χ0n) is 8.94. The summed E-state index contributed by atoms with van der Waals surface area (Å²) in [7, 11) is 0. The second kappa shape index (κ2) is 3.90. The number of carbonyl (C=O) groups is 1. The second-order valence-corrected chi connectivity index (χ2v) is 4.32. The van der Waals surface area contributed by atoms with Crippen molar-refractivity contribution in [1.82, 2.24) is 0 Å². The third kappa shape index (κ3) is 1.61. The van der Waals surface area contributed by atoms with E-state index in [1.807, 2.05) is 36.4 Å². The number of carbonyl (C=O) groups excluding carboxylic acids is 1. The highest BCUT2D eigenvalue weighted by molar-refractivity contribution is 6.51. The van der Waals surface area contributed by atoms with Gasteiger partial charge >= 0.3 is 0 Å². The van der Waals surface area contributed by atoms with Crippen LogP contribution in [0.1, 0.15) is 5.56 Å². The summed E-state index contributed by atoms with van der Waals surface area (Å²) in [6.45, 7) is 0.244. The van der Waals surface area contributed by atoms with Gasteiger partial charge in [0.15, 0.2) is 6.29 Å². The van der Waals surface area contributed by atoms with Crippen molar-refractivity contribution in [3.63, 3.8) is 0 Å². The van der Waals surface area contributed by atoms with E-state index in [0.29, 0.717) is 10.6 Å². The molecule has 0 atom stereocenters. The van der Waals surface area contributed by atoms with Crippen LogP contribution in [-0.4, -0.2) is 12.9 Å². The number of aldehydes is 1. The van der Waals surface area contributed by atoms with Gasteiger partial charge in [-0.2, -0.15) is 0 Å². The van der Waals surface area contributed by atoms with Crippen LogP contribution in [-0.2, 0) is 4.79 Å². The third-order valence-corrected chi connectivity index (χ3v) is 3.34. The van der Waals surface area contributed by atoms with E-state index in [4.69, 9.17) is 16.3 Å². The Bertz CT molecular complexity index is 644. The molecule has 17 heavy (non-hydrogen) atoms. The number of ether oxygens (including phenoxy) is 1. The van der Waals surface area contributed by atoms with Crippen LogP contribution in [0.5, 0.6) is 5.75 Å². The molecule has 0 radical (unpaired) electrons. The Kier molecular flexibility index (Phi) is 2.37. The normalized spacial score (nSPS) is 14.4. The third-order valence-electron chi connectivity index (χ3n) is 2.89. The summed E-state index contributed by atoms with van der Waals surface area (Å²) >= 11 is 6.18. The van der Waals surface area contributed by atoms with Crippen LogP contribution in [0, 0.1) is 0 Å². The number of hydrogen-bond acceptors (Lipinski definition) is 2. The van der Waals surface area contributed by atoms with Gasteiger partial charge in [-0.15, -0.1) is 0 Å². The molecule has 3 rings (SSSR count). The minimum Gasteiger partial charge on any atom is -0.488 e. The molecule has 0 aromatic heterocycles. The molecule has 0 bridgehead atoms. The van der Waals surface area contributed by atoms with Crippen LogP contribution in [0.15, 0.2) is 42.0 Å². The number of halogens is 1. The van der Waals surface area contributed by atoms with E-state index in [-0.39, 0.29) is 6.61 Å². The van der Waals surface area contributed by atoms with Gasteiger partial charge < -0.3 is 4.74 Å². The number of benzene rings is 2. The van der Waals surface area contributed by atoms with Crippen LogP contribution >= 0.6 is 11.6 Å². The molecule has 2 aromatic rings. The molecule has 1 aliphatic heterocycles. The lowest BCUT2D eigenvalue weighted by Gasteiger charge is -2.18. The van der Waals surface area contributed by atoms with E-state index in [9.17, 15) is 4.79 Å². The maximum Gasteiger partial charge on any atom is 0.150 e. The molecule has 0 saturated carbocycles. The fourth-order valence-corrected chi connectivity index (χ4v) is 2.23. The standard InChI is InChI=1S/C14H9ClO2/c15-14-11(7-16)8-17-13-6-10-4-2-1-3-9(10)5-12(13)14/h1-7H,8H2. The minimum atomic E-state index is 0.244. The summed E-state index contributed by atoms with van der Waals surface area (Å²) in [5.74, 6) is 0.735. The Balaban J connectivity index is 2.30. The van der Waals surface area contributed by atoms with Gasteiger partial charge in [0, 0.05) is 11.1 Å². The zero-order chi connectivity index (χ0) is 11.8. The quantitative estimate of drug-likeness (QED) is 0.719. The van der Waals surface area contributed by atoms with Crippen LogP contribution in [0.3, 0.4) is 0 Å². The van der Waals surface area contributed by atoms with Gasteiger partial charge in [-0.25, -0.2) is 0 Å². The van der Waals surface area contributed by atoms with E-state index >= 15 is 0 Å². The first-order valence-corrected chi connectivity index (χ1v) is 5.67. The van der Waals surface area contributed by atoms with E-state index in [2.05, 4.69) is 0 Å². The Labute approximate surface area is 103 Å². The molecule has 2 nitrogen and oxygen atoms in total. The van der Waals surface area contributed by atoms with Crippen LogP contribution in [0.4, 0.5) is 0 Å². The molecule has 1 heterocycles. The van der Waals surface area contributed by atoms with Crippen molar-refractivity contribution >= 4 is 33.7 Å². The molecular formula is C14H9ClO2. The fourth-order valence-electron chi connectivity index (χ4n) is 1.99. The number of rotatable bonds is 1. The first-order chi connectivity index (χ1) is 8.29. The van der Waals surface area contributed by atoms with Gasteiger partial charge in [0.05, 0.1) is 5.03 Å². The van der Waals surface area contributed by atoms with E-state index < -0.39 is 0 Å². The molecule has 2 aromatic carbocycles. The molecule has 0 N–H and O–H groups in total. The lowest BCUT2D eigenvalue weighted by atomic mass is 10.0. The average molecular weight is 245 g/mol. The molecule has 0 saturated heterocycles. The molecule has 1 aliphatic rings. The fraction of sp³-hybridized carbons (Fsp3) is 0.0714. The van der Waals surface area contributed by atoms with Crippen LogP contribution in [0.2, 0.25) is 0 Å². The number of fused-ring (bicyclic) bond motifs is 2. The Morgan fingerprint density at radius 1 is 1.18 bits per heavy atom. The van der Waals surface area contributed by atoms with Crippen molar-refractivity contribution in [2.24, 2.45) is 0 Å². The first kappa shape index (κ1) is 10.4. The van der Waals surface area contributed by atoms with Gasteiger partial charge in [0.25, 0.3) is 0 Å². The minimum absolute atomic E-state index is 0.244. The van der Waals surface area contributed by atoms with E-state index in [0.717, 1.165) is 28.4 Å². The summed E-state index contributed by atoms with van der Waals surface area (Å²) in [5.41, 5.74) is 1.29. The summed E-state index contributed by atoms with van der Waals surface area (Å²) in [6.07, 6.45) is 0.750. The Hall–Kier alpha value is -1.80. The summed E-state index contributed by atoms with van der Waals surface area (Å²) in [6, 6.07) is 11.9.